The van der Waals surface area contributed by atoms with Crippen molar-refractivity contribution in [2.24, 2.45) is 0 Å². The molecule has 8 nitrogen and oxygen atoms in total. The van der Waals surface area contributed by atoms with E-state index in [4.69, 9.17) is 4.74 Å². The number of nitrogens with one attached hydrogen (secondary N) is 1. The summed E-state index contributed by atoms with van der Waals surface area (Å²) in [6, 6.07) is 13.2. The Balaban J connectivity index is 1.86. The van der Waals surface area contributed by atoms with Crippen LogP contribution in [0, 0.1) is 5.82 Å². The molecule has 0 saturated heterocycles. The molecule has 2 aromatic carbocycles. The van der Waals surface area contributed by atoms with Crippen molar-refractivity contribution in [2.45, 2.75) is 23.4 Å². The number of aromatic nitrogens is 2. The van der Waals surface area contributed by atoms with Gasteiger partial charge in [0.1, 0.15) is 18.1 Å². The largest absolute Gasteiger partial charge is 0.492 e. The fourth-order valence-corrected chi connectivity index (χ4v) is 3.84. The second kappa shape index (κ2) is 8.87. The third-order valence-corrected chi connectivity index (χ3v) is 5.62. The molecule has 0 aliphatic carbocycles. The highest BCUT2D eigenvalue weighted by Gasteiger charge is 2.21. The third kappa shape index (κ3) is 4.71. The number of carbonyl (C=O) groups excluding carboxylic acids is 1. The molecule has 0 aliphatic heterocycles. The first-order valence-electron chi connectivity index (χ1n) is 8.92. The van der Waals surface area contributed by atoms with E-state index in [0.29, 0.717) is 18.0 Å². The number of rotatable bonds is 7. The Kier molecular flexibility index (Phi) is 6.26. The fraction of sp³-hybridized carbons (Fsp3) is 0.150. The molecule has 0 saturated carbocycles. The van der Waals surface area contributed by atoms with Crippen LogP contribution in [0.25, 0.3) is 0 Å². The van der Waals surface area contributed by atoms with Gasteiger partial charge in [-0.25, -0.2) is 17.5 Å². The number of ether oxygens (including phenoxy) is 1. The summed E-state index contributed by atoms with van der Waals surface area (Å²) in [5, 5.41) is 5.92. The van der Waals surface area contributed by atoms with Crippen molar-refractivity contribution in [3.05, 3.63) is 76.8 Å². The molecule has 30 heavy (non-hydrogen) atoms. The molecule has 0 fully saturated rings. The van der Waals surface area contributed by atoms with Crippen molar-refractivity contribution < 1.29 is 22.3 Å². The fourth-order valence-electron chi connectivity index (χ4n) is 2.62. The summed E-state index contributed by atoms with van der Waals surface area (Å²) in [7, 11) is -4.17. The second-order valence-corrected chi connectivity index (χ2v) is 8.00. The molecule has 0 atom stereocenters. The van der Waals surface area contributed by atoms with Crippen LogP contribution in [0.3, 0.4) is 0 Å². The maximum atomic E-state index is 13.4. The molecule has 1 aromatic heterocycles. The molecular weight excluding hydrogens is 413 g/mol. The summed E-state index contributed by atoms with van der Waals surface area (Å²) in [5.74, 6) is -0.870. The lowest BCUT2D eigenvalue weighted by molar-refractivity contribution is -0.117. The number of anilines is 1. The molecule has 0 radical (unpaired) electrons. The summed E-state index contributed by atoms with van der Waals surface area (Å²) in [6.07, 6.45) is 0. The number of halogens is 1. The van der Waals surface area contributed by atoms with E-state index < -0.39 is 38.7 Å². The zero-order valence-electron chi connectivity index (χ0n) is 15.9. The van der Waals surface area contributed by atoms with E-state index in [1.54, 1.807) is 31.2 Å². The Morgan fingerprint density at radius 3 is 2.63 bits per heavy atom. The molecule has 1 amide bonds. The molecule has 0 aliphatic rings. The van der Waals surface area contributed by atoms with Gasteiger partial charge in [-0.05, 0) is 43.3 Å². The van der Waals surface area contributed by atoms with Gasteiger partial charge in [-0.3, -0.25) is 9.59 Å². The van der Waals surface area contributed by atoms with Crippen LogP contribution < -0.4 is 15.6 Å². The standard InChI is InChI=1S/C20H18FN3O5S/c1-2-29-17-9-4-3-8-16(17)22-18(25)13-24-20(26)11-10-19(23-24)30(27,28)15-7-5-6-14(21)12-15/h3-12H,2,13H2,1H3,(H,22,25). The number of para-hydroxylation sites is 2. The molecule has 1 heterocycles. The van der Waals surface area contributed by atoms with Gasteiger partial charge < -0.3 is 10.1 Å². The van der Waals surface area contributed by atoms with Gasteiger partial charge in [-0.15, -0.1) is 0 Å². The number of nitrogens with zero attached hydrogens (tertiary/aromatic N) is 2. The van der Waals surface area contributed by atoms with Crippen LogP contribution in [0.2, 0.25) is 0 Å². The number of sulfone groups is 1. The zero-order valence-corrected chi connectivity index (χ0v) is 16.7. The Morgan fingerprint density at radius 1 is 1.13 bits per heavy atom. The lowest BCUT2D eigenvalue weighted by Crippen LogP contribution is -2.30. The predicted molar refractivity (Wildman–Crippen MR) is 107 cm³/mol. The number of hydrogen-bond acceptors (Lipinski definition) is 6. The average Bonchev–Trinajstić information content (AvgIpc) is 2.71. The van der Waals surface area contributed by atoms with Crippen molar-refractivity contribution in [1.82, 2.24) is 9.78 Å². The third-order valence-electron chi connectivity index (χ3n) is 3.98. The van der Waals surface area contributed by atoms with E-state index in [-0.39, 0.29) is 4.90 Å². The highest BCUT2D eigenvalue weighted by Crippen LogP contribution is 2.23. The minimum atomic E-state index is -4.17. The predicted octanol–water partition coefficient (Wildman–Crippen LogP) is 2.25. The number of hydrogen-bond donors (Lipinski definition) is 1. The zero-order chi connectivity index (χ0) is 21.7. The number of amides is 1. The topological polar surface area (TPSA) is 107 Å². The molecule has 1 N–H and O–H groups in total. The van der Waals surface area contributed by atoms with Crippen molar-refractivity contribution in [3.63, 3.8) is 0 Å². The number of benzene rings is 2. The molecule has 156 valence electrons. The summed E-state index contributed by atoms with van der Waals surface area (Å²) in [4.78, 5) is 24.2. The Labute approximate surface area is 171 Å². The molecule has 3 rings (SSSR count). The lowest BCUT2D eigenvalue weighted by Gasteiger charge is -2.12. The van der Waals surface area contributed by atoms with Crippen LogP contribution in [0.5, 0.6) is 5.75 Å². The van der Waals surface area contributed by atoms with Crippen LogP contribution in [0.4, 0.5) is 10.1 Å². The van der Waals surface area contributed by atoms with Crippen molar-refractivity contribution in [1.29, 1.82) is 0 Å². The molecule has 10 heteroatoms. The van der Waals surface area contributed by atoms with Gasteiger partial charge in [-0.1, -0.05) is 18.2 Å². The first kappa shape index (κ1) is 21.2. The maximum absolute atomic E-state index is 13.4. The van der Waals surface area contributed by atoms with Crippen LogP contribution >= 0.6 is 0 Å². The Bertz CT molecular complexity index is 1240. The van der Waals surface area contributed by atoms with Gasteiger partial charge in [0.05, 0.1) is 17.2 Å². The van der Waals surface area contributed by atoms with Crippen LogP contribution in [0.1, 0.15) is 6.92 Å². The summed E-state index contributed by atoms with van der Waals surface area (Å²) in [5.41, 5.74) is -0.262. The minimum Gasteiger partial charge on any atom is -0.492 e. The van der Waals surface area contributed by atoms with E-state index in [9.17, 15) is 22.4 Å². The van der Waals surface area contributed by atoms with Gasteiger partial charge >= 0.3 is 0 Å². The highest BCUT2D eigenvalue weighted by atomic mass is 32.2. The molecular formula is C20H18FN3O5S. The quantitative estimate of drug-likeness (QED) is 0.615. The van der Waals surface area contributed by atoms with Crippen LogP contribution in [-0.2, 0) is 21.2 Å². The van der Waals surface area contributed by atoms with Gasteiger partial charge in [0, 0.05) is 6.07 Å². The SMILES string of the molecule is CCOc1ccccc1NC(=O)Cn1nc(S(=O)(=O)c2cccc(F)c2)ccc1=O. The summed E-state index contributed by atoms with van der Waals surface area (Å²) < 4.78 is 44.9. The molecule has 0 bridgehead atoms. The Hall–Kier alpha value is -3.53. The van der Waals surface area contributed by atoms with Crippen molar-refractivity contribution in [3.8, 4) is 5.75 Å². The average molecular weight is 431 g/mol. The van der Waals surface area contributed by atoms with E-state index in [1.807, 2.05) is 0 Å². The maximum Gasteiger partial charge on any atom is 0.267 e. The van der Waals surface area contributed by atoms with Crippen molar-refractivity contribution in [2.75, 3.05) is 11.9 Å². The smallest absolute Gasteiger partial charge is 0.267 e. The summed E-state index contributed by atoms with van der Waals surface area (Å²) >= 11 is 0. The molecule has 0 spiro atoms. The van der Waals surface area contributed by atoms with E-state index >= 15 is 0 Å². The normalized spacial score (nSPS) is 11.1. The van der Waals surface area contributed by atoms with Crippen LogP contribution in [-0.4, -0.2) is 30.7 Å². The van der Waals surface area contributed by atoms with Crippen LogP contribution in [0.15, 0.2) is 75.4 Å². The molecule has 0 unspecified atom stereocenters. The van der Waals surface area contributed by atoms with Gasteiger partial charge in [0.25, 0.3) is 5.56 Å². The first-order chi connectivity index (χ1) is 14.3. The number of carbonyl (C=O) groups is 1. The highest BCUT2D eigenvalue weighted by molar-refractivity contribution is 7.91. The van der Waals surface area contributed by atoms with Gasteiger partial charge in [-0.2, -0.15) is 5.10 Å². The van der Waals surface area contributed by atoms with E-state index in [0.717, 1.165) is 28.9 Å². The van der Waals surface area contributed by atoms with E-state index in [1.165, 1.54) is 12.1 Å². The van der Waals surface area contributed by atoms with Crippen molar-refractivity contribution >= 4 is 21.4 Å². The van der Waals surface area contributed by atoms with Gasteiger partial charge in [0.2, 0.25) is 15.7 Å². The lowest BCUT2D eigenvalue weighted by atomic mass is 10.3. The van der Waals surface area contributed by atoms with Gasteiger partial charge in [0.15, 0.2) is 5.03 Å². The monoisotopic (exact) mass is 431 g/mol. The molecule has 3 aromatic rings. The Morgan fingerprint density at radius 2 is 1.90 bits per heavy atom. The minimum absolute atomic E-state index is 0.310. The second-order valence-electron chi connectivity index (χ2n) is 6.11. The first-order valence-corrected chi connectivity index (χ1v) is 10.4. The summed E-state index contributed by atoms with van der Waals surface area (Å²) in [6.45, 7) is 1.67. The van der Waals surface area contributed by atoms with E-state index in [2.05, 4.69) is 10.4 Å².